The number of benzene rings is 2. The van der Waals surface area contributed by atoms with Gasteiger partial charge in [0.2, 0.25) is 10.0 Å². The molecule has 1 aliphatic heterocycles. The Hall–Kier alpha value is -2.58. The Morgan fingerprint density at radius 3 is 2.21 bits per heavy atom. The van der Waals surface area contributed by atoms with Gasteiger partial charge in [0.05, 0.1) is 10.8 Å². The normalized spacial score (nSPS) is 15.9. The molecule has 1 heterocycles. The number of sulfonamides is 1. The van der Waals surface area contributed by atoms with E-state index in [1.165, 1.54) is 28.6 Å². The first-order chi connectivity index (χ1) is 13.4. The number of hydrogen-bond donors (Lipinski definition) is 0. The van der Waals surface area contributed by atoms with Gasteiger partial charge < -0.3 is 4.74 Å². The molecular weight excluding hydrogens is 385 g/mol. The summed E-state index contributed by atoms with van der Waals surface area (Å²) < 4.78 is 44.5. The average Bonchev–Trinajstić information content (AvgIpc) is 2.73. The second-order valence-corrected chi connectivity index (χ2v) is 8.47. The molecular formula is C20H20FNO5S. The molecule has 0 bridgehead atoms. The zero-order valence-corrected chi connectivity index (χ0v) is 15.9. The van der Waals surface area contributed by atoms with Crippen molar-refractivity contribution in [2.75, 3.05) is 19.7 Å². The number of Topliss-reactive ketones (excluding diaryl/α,β-unsaturated/α-hetero) is 1. The zero-order chi connectivity index (χ0) is 20.1. The van der Waals surface area contributed by atoms with E-state index in [9.17, 15) is 22.4 Å². The average molecular weight is 405 g/mol. The fraction of sp³-hybridized carbons (Fsp3) is 0.300. The highest BCUT2D eigenvalue weighted by Crippen LogP contribution is 2.24. The molecule has 2 aromatic carbocycles. The zero-order valence-electron chi connectivity index (χ0n) is 15.1. The smallest absolute Gasteiger partial charge is 0.309 e. The van der Waals surface area contributed by atoms with E-state index in [0.717, 1.165) is 12.1 Å². The summed E-state index contributed by atoms with van der Waals surface area (Å²) in [4.78, 5) is 24.4. The standard InChI is InChI=1S/C20H20FNO5S/c21-17-8-6-15(7-9-17)19(23)14-27-20(24)16-10-12-22(13-11-16)28(25,26)18-4-2-1-3-5-18/h1-9,16H,10-14H2. The van der Waals surface area contributed by atoms with Gasteiger partial charge in [0.15, 0.2) is 12.4 Å². The number of hydrogen-bond acceptors (Lipinski definition) is 5. The van der Waals surface area contributed by atoms with Crippen LogP contribution in [0.15, 0.2) is 59.5 Å². The van der Waals surface area contributed by atoms with Crippen LogP contribution in [0.5, 0.6) is 0 Å². The third kappa shape index (κ3) is 4.63. The third-order valence-corrected chi connectivity index (χ3v) is 6.59. The number of carbonyl (C=O) groups excluding carboxylic acids is 2. The Balaban J connectivity index is 1.51. The molecule has 0 aliphatic carbocycles. The van der Waals surface area contributed by atoms with E-state index < -0.39 is 40.1 Å². The molecule has 8 heteroatoms. The number of ketones is 1. The number of nitrogens with zero attached hydrogens (tertiary/aromatic N) is 1. The summed E-state index contributed by atoms with van der Waals surface area (Å²) in [5, 5.41) is 0. The van der Waals surface area contributed by atoms with E-state index in [0.29, 0.717) is 12.8 Å². The summed E-state index contributed by atoms with van der Waals surface area (Å²) in [5.41, 5.74) is 0.262. The molecule has 0 spiro atoms. The lowest BCUT2D eigenvalue weighted by atomic mass is 9.98. The predicted octanol–water partition coefficient (Wildman–Crippen LogP) is 2.65. The van der Waals surface area contributed by atoms with Crippen LogP contribution in [0, 0.1) is 11.7 Å². The van der Waals surface area contributed by atoms with Crippen molar-refractivity contribution in [1.29, 1.82) is 0 Å². The van der Waals surface area contributed by atoms with Crippen molar-refractivity contribution in [3.63, 3.8) is 0 Å². The van der Waals surface area contributed by atoms with Crippen LogP contribution in [0.4, 0.5) is 4.39 Å². The number of esters is 1. The highest BCUT2D eigenvalue weighted by atomic mass is 32.2. The number of carbonyl (C=O) groups is 2. The summed E-state index contributed by atoms with van der Waals surface area (Å²) in [5.74, 6) is -1.85. The van der Waals surface area contributed by atoms with Crippen LogP contribution in [-0.4, -0.2) is 44.2 Å². The Kier molecular flexibility index (Phi) is 6.21. The summed E-state index contributed by atoms with van der Waals surface area (Å²) in [6.45, 7) is -0.00119. The van der Waals surface area contributed by atoms with E-state index in [1.54, 1.807) is 18.2 Å². The van der Waals surface area contributed by atoms with E-state index in [2.05, 4.69) is 0 Å². The van der Waals surface area contributed by atoms with Crippen LogP contribution >= 0.6 is 0 Å². The van der Waals surface area contributed by atoms with Crippen molar-refractivity contribution < 1.29 is 27.1 Å². The SMILES string of the molecule is O=C(COC(=O)C1CCN(S(=O)(=O)c2ccccc2)CC1)c1ccc(F)cc1. The van der Waals surface area contributed by atoms with E-state index in [4.69, 9.17) is 4.74 Å². The molecule has 1 saturated heterocycles. The van der Waals surface area contributed by atoms with Gasteiger partial charge in [-0.25, -0.2) is 12.8 Å². The fourth-order valence-electron chi connectivity index (χ4n) is 3.05. The fourth-order valence-corrected chi connectivity index (χ4v) is 4.54. The second kappa shape index (κ2) is 8.62. The maximum atomic E-state index is 12.9. The number of ether oxygens (including phenoxy) is 1. The van der Waals surface area contributed by atoms with Gasteiger partial charge in [0.25, 0.3) is 0 Å². The van der Waals surface area contributed by atoms with Crippen molar-refractivity contribution in [2.45, 2.75) is 17.7 Å². The van der Waals surface area contributed by atoms with Gasteiger partial charge in [-0.1, -0.05) is 18.2 Å². The van der Waals surface area contributed by atoms with Gasteiger partial charge in [-0.15, -0.1) is 0 Å². The topological polar surface area (TPSA) is 80.8 Å². The molecule has 6 nitrogen and oxygen atoms in total. The minimum absolute atomic E-state index is 0.211. The largest absolute Gasteiger partial charge is 0.457 e. The molecule has 28 heavy (non-hydrogen) atoms. The van der Waals surface area contributed by atoms with Crippen LogP contribution < -0.4 is 0 Å². The minimum atomic E-state index is -3.58. The molecule has 0 N–H and O–H groups in total. The molecule has 0 saturated carbocycles. The first-order valence-corrected chi connectivity index (χ1v) is 10.3. The van der Waals surface area contributed by atoms with Crippen LogP contribution in [-0.2, 0) is 19.6 Å². The second-order valence-electron chi connectivity index (χ2n) is 6.53. The number of halogens is 1. The van der Waals surface area contributed by atoms with Crippen molar-refractivity contribution in [2.24, 2.45) is 5.92 Å². The van der Waals surface area contributed by atoms with Crippen LogP contribution in [0.25, 0.3) is 0 Å². The maximum Gasteiger partial charge on any atom is 0.309 e. The summed E-state index contributed by atoms with van der Waals surface area (Å²) in [7, 11) is -3.58. The summed E-state index contributed by atoms with van der Waals surface area (Å²) in [6.07, 6.45) is 0.658. The van der Waals surface area contributed by atoms with Gasteiger partial charge in [-0.3, -0.25) is 9.59 Å². The van der Waals surface area contributed by atoms with E-state index >= 15 is 0 Å². The Morgan fingerprint density at radius 2 is 1.61 bits per heavy atom. The lowest BCUT2D eigenvalue weighted by Crippen LogP contribution is -2.40. The van der Waals surface area contributed by atoms with Crippen molar-refractivity contribution in [3.05, 3.63) is 66.0 Å². The Bertz CT molecular complexity index is 936. The molecule has 0 radical (unpaired) electrons. The molecule has 0 aromatic heterocycles. The highest BCUT2D eigenvalue weighted by molar-refractivity contribution is 7.89. The molecule has 0 atom stereocenters. The molecule has 0 unspecified atom stereocenters. The molecule has 1 aliphatic rings. The van der Waals surface area contributed by atoms with Crippen molar-refractivity contribution in [1.82, 2.24) is 4.31 Å². The maximum absolute atomic E-state index is 12.9. The quantitative estimate of drug-likeness (QED) is 0.545. The number of piperidine rings is 1. The van der Waals surface area contributed by atoms with E-state index in [1.807, 2.05) is 0 Å². The van der Waals surface area contributed by atoms with Gasteiger partial charge in [-0.05, 0) is 49.2 Å². The lowest BCUT2D eigenvalue weighted by molar-refractivity contribution is -0.148. The van der Waals surface area contributed by atoms with Crippen molar-refractivity contribution in [3.8, 4) is 0 Å². The predicted molar refractivity (Wildman–Crippen MR) is 99.6 cm³/mol. The molecule has 3 rings (SSSR count). The minimum Gasteiger partial charge on any atom is -0.457 e. The molecule has 148 valence electrons. The van der Waals surface area contributed by atoms with Gasteiger partial charge in [0, 0.05) is 18.7 Å². The van der Waals surface area contributed by atoms with Crippen LogP contribution in [0.2, 0.25) is 0 Å². The third-order valence-electron chi connectivity index (χ3n) is 4.68. The Labute approximate surface area is 163 Å². The number of rotatable bonds is 6. The lowest BCUT2D eigenvalue weighted by Gasteiger charge is -2.30. The first kappa shape index (κ1) is 20.2. The van der Waals surface area contributed by atoms with Crippen LogP contribution in [0.3, 0.4) is 0 Å². The molecule has 1 fully saturated rings. The molecule has 2 aromatic rings. The Morgan fingerprint density at radius 1 is 1.00 bits per heavy atom. The van der Waals surface area contributed by atoms with Crippen molar-refractivity contribution >= 4 is 21.8 Å². The monoisotopic (exact) mass is 405 g/mol. The molecule has 0 amide bonds. The first-order valence-electron chi connectivity index (χ1n) is 8.88. The van der Waals surface area contributed by atoms with Crippen LogP contribution in [0.1, 0.15) is 23.2 Å². The highest BCUT2D eigenvalue weighted by Gasteiger charge is 2.32. The van der Waals surface area contributed by atoms with E-state index in [-0.39, 0.29) is 23.5 Å². The van der Waals surface area contributed by atoms with Gasteiger partial charge in [-0.2, -0.15) is 4.31 Å². The summed E-state index contributed by atoms with van der Waals surface area (Å²) >= 11 is 0. The summed E-state index contributed by atoms with van der Waals surface area (Å²) in [6, 6.07) is 13.1. The van der Waals surface area contributed by atoms with Gasteiger partial charge in [0.1, 0.15) is 5.82 Å². The van der Waals surface area contributed by atoms with Gasteiger partial charge >= 0.3 is 5.97 Å².